The van der Waals surface area contributed by atoms with Crippen molar-refractivity contribution in [3.63, 3.8) is 0 Å². The first-order valence-electron chi connectivity index (χ1n) is 19.6. The van der Waals surface area contributed by atoms with Gasteiger partial charge in [-0.3, -0.25) is 33.8 Å². The number of carbonyl (C=O) groups excluding carboxylic acids is 6. The molecular formula is C39H55N7O6. The maximum atomic E-state index is 14.7. The van der Waals surface area contributed by atoms with E-state index in [4.69, 9.17) is 0 Å². The second-order valence-electron chi connectivity index (χ2n) is 17.7. The number of nitrogens with one attached hydrogen (secondary N) is 4. The first-order chi connectivity index (χ1) is 24.8. The Balaban J connectivity index is 1.08. The summed E-state index contributed by atoms with van der Waals surface area (Å²) in [5.74, 6) is -2.69. The highest BCUT2D eigenvalue weighted by atomic mass is 16.2. The largest absolute Gasteiger partial charge is 0.347 e. The molecule has 3 heterocycles. The Morgan fingerprint density at radius 1 is 0.923 bits per heavy atom. The van der Waals surface area contributed by atoms with Crippen LogP contribution < -0.4 is 21.3 Å². The lowest BCUT2D eigenvalue weighted by Crippen LogP contribution is -2.67. The predicted molar refractivity (Wildman–Crippen MR) is 190 cm³/mol. The van der Waals surface area contributed by atoms with Gasteiger partial charge in [-0.05, 0) is 74.5 Å². The van der Waals surface area contributed by atoms with E-state index in [0.29, 0.717) is 12.5 Å². The molecule has 13 nitrogen and oxygen atoms in total. The van der Waals surface area contributed by atoms with Crippen LogP contribution in [0.15, 0.2) is 18.6 Å². The van der Waals surface area contributed by atoms with E-state index in [2.05, 4.69) is 31.2 Å². The molecule has 52 heavy (non-hydrogen) atoms. The molecule has 1 spiro atoms. The Morgan fingerprint density at radius 3 is 2.23 bits per heavy atom. The summed E-state index contributed by atoms with van der Waals surface area (Å²) >= 11 is 0. The first kappa shape index (κ1) is 36.5. The molecule has 7 rings (SSSR count). The smallest absolute Gasteiger partial charge is 0.289 e. The minimum Gasteiger partial charge on any atom is -0.347 e. The number of ketones is 1. The molecule has 1 aromatic heterocycles. The van der Waals surface area contributed by atoms with E-state index < -0.39 is 64.4 Å². The van der Waals surface area contributed by atoms with Crippen LogP contribution in [0.1, 0.15) is 115 Å². The van der Waals surface area contributed by atoms with Gasteiger partial charge in [-0.2, -0.15) is 0 Å². The van der Waals surface area contributed by atoms with Gasteiger partial charge < -0.3 is 26.2 Å². The van der Waals surface area contributed by atoms with Crippen molar-refractivity contribution in [2.75, 3.05) is 6.54 Å². The molecule has 0 bridgehead atoms. The van der Waals surface area contributed by atoms with E-state index in [9.17, 15) is 28.8 Å². The Bertz CT molecular complexity index is 1580. The summed E-state index contributed by atoms with van der Waals surface area (Å²) in [6.45, 7) is 7.95. The van der Waals surface area contributed by atoms with E-state index in [-0.39, 0.29) is 41.3 Å². The highest BCUT2D eigenvalue weighted by Gasteiger charge is 2.78. The zero-order valence-corrected chi connectivity index (χ0v) is 31.0. The number of hydrogen-bond acceptors (Lipinski definition) is 8. The van der Waals surface area contributed by atoms with Crippen LogP contribution in [-0.4, -0.2) is 86.9 Å². The lowest BCUT2D eigenvalue weighted by Gasteiger charge is -2.43. The van der Waals surface area contributed by atoms with Crippen LogP contribution in [0.3, 0.4) is 0 Å². The number of hydrogen-bond donors (Lipinski definition) is 4. The fourth-order valence-electron chi connectivity index (χ4n) is 10.8. The van der Waals surface area contributed by atoms with Crippen LogP contribution in [0.5, 0.6) is 0 Å². The Kier molecular flexibility index (Phi) is 9.92. The van der Waals surface area contributed by atoms with Crippen molar-refractivity contribution >= 4 is 35.3 Å². The standard InChI is InChI=1S/C39H55N7O6/c1-21(22-11-7-5-8-12-22)42-36(51)30(47)31-39-18-25(39)17-24-20-46(29(27(24)39)35(50)44-31)37(52)32(38(2,3)4)45-34(49)28(23-13-9-6-10-14-23)43-33(48)26-19-40-15-16-41-26/h15-16,19,21-25,27-29,31-32H,5-14,17-18,20H2,1-4H3,(H,42,51)(H,43,48)(H,44,50)(H,45,49)/t21-,24-,25?,27-,28-,29-,31+,32+,39?/m0/s1. The van der Waals surface area contributed by atoms with Gasteiger partial charge in [0.1, 0.15) is 29.9 Å². The molecule has 13 heteroatoms. The molecule has 4 N–H and O–H groups in total. The van der Waals surface area contributed by atoms with Gasteiger partial charge in [-0.25, -0.2) is 4.98 Å². The third-order valence-corrected chi connectivity index (χ3v) is 13.5. The number of likely N-dealkylation sites (tertiary alicyclic amines) is 1. The van der Waals surface area contributed by atoms with Crippen LogP contribution in [0, 0.1) is 40.4 Å². The van der Waals surface area contributed by atoms with E-state index in [0.717, 1.165) is 70.6 Å². The highest BCUT2D eigenvalue weighted by molar-refractivity contribution is 6.39. The summed E-state index contributed by atoms with van der Waals surface area (Å²) in [7, 11) is 0. The molecule has 282 valence electrons. The average Bonchev–Trinajstić information content (AvgIpc) is 3.53. The zero-order chi connectivity index (χ0) is 36.9. The molecule has 4 saturated carbocycles. The van der Waals surface area contributed by atoms with Crippen LogP contribution in [0.4, 0.5) is 0 Å². The van der Waals surface area contributed by atoms with Crippen LogP contribution >= 0.6 is 0 Å². The van der Waals surface area contributed by atoms with Crippen molar-refractivity contribution in [2.24, 2.45) is 40.4 Å². The van der Waals surface area contributed by atoms with Gasteiger partial charge in [-0.15, -0.1) is 0 Å². The Labute approximate surface area is 306 Å². The second-order valence-corrected chi connectivity index (χ2v) is 17.7. The molecule has 6 fully saturated rings. The number of amides is 5. The summed E-state index contributed by atoms with van der Waals surface area (Å²) in [5, 5.41) is 11.8. The van der Waals surface area contributed by atoms with E-state index >= 15 is 0 Å². The molecule has 4 aliphatic carbocycles. The fraction of sp³-hybridized carbons (Fsp3) is 0.744. The van der Waals surface area contributed by atoms with Crippen molar-refractivity contribution in [1.82, 2.24) is 36.1 Å². The Hall–Kier alpha value is -3.90. The highest BCUT2D eigenvalue weighted by Crippen LogP contribution is 2.74. The zero-order valence-electron chi connectivity index (χ0n) is 31.0. The number of carbonyl (C=O) groups is 6. The van der Waals surface area contributed by atoms with Crippen molar-refractivity contribution in [3.8, 4) is 0 Å². The molecule has 1 aromatic rings. The monoisotopic (exact) mass is 717 g/mol. The number of rotatable bonds is 10. The van der Waals surface area contributed by atoms with Gasteiger partial charge in [0, 0.05) is 36.3 Å². The molecule has 5 amide bonds. The number of aromatic nitrogens is 2. The van der Waals surface area contributed by atoms with Crippen molar-refractivity contribution in [1.29, 1.82) is 0 Å². The van der Waals surface area contributed by atoms with E-state index in [1.54, 1.807) is 4.90 Å². The summed E-state index contributed by atoms with van der Waals surface area (Å²) in [4.78, 5) is 93.0. The third kappa shape index (κ3) is 6.61. The number of Topliss-reactive ketones (excluding diaryl/α,β-unsaturated/α-hetero) is 1. The molecule has 9 atom stereocenters. The van der Waals surface area contributed by atoms with Gasteiger partial charge in [-0.1, -0.05) is 59.3 Å². The fourth-order valence-corrected chi connectivity index (χ4v) is 10.8. The van der Waals surface area contributed by atoms with Gasteiger partial charge in [0.2, 0.25) is 23.5 Å². The minimum absolute atomic E-state index is 0.0239. The summed E-state index contributed by atoms with van der Waals surface area (Å²) in [6.07, 6.45) is 15.8. The maximum Gasteiger partial charge on any atom is 0.289 e. The molecule has 2 unspecified atom stereocenters. The average molecular weight is 718 g/mol. The van der Waals surface area contributed by atoms with Gasteiger partial charge in [0.05, 0.1) is 6.20 Å². The van der Waals surface area contributed by atoms with Gasteiger partial charge in [0.15, 0.2) is 0 Å². The van der Waals surface area contributed by atoms with Crippen LogP contribution in [0.25, 0.3) is 0 Å². The summed E-state index contributed by atoms with van der Waals surface area (Å²) in [5.41, 5.74) is -1.17. The SMILES string of the molecule is C[C@H](NC(=O)C(=O)[C@H]1NC(=O)[C@@H]2[C@@H]3[C@@H](CC4CC431)CN2C(=O)[C@@H](NC(=O)[C@@H](NC(=O)c1cnccn1)C1CCCCC1)C(C)(C)C)C1CCCCC1. The van der Waals surface area contributed by atoms with Crippen LogP contribution in [0.2, 0.25) is 0 Å². The molecule has 6 aliphatic rings. The molecular weight excluding hydrogens is 662 g/mol. The second kappa shape index (κ2) is 14.2. The van der Waals surface area contributed by atoms with Gasteiger partial charge >= 0.3 is 0 Å². The van der Waals surface area contributed by atoms with Crippen molar-refractivity contribution < 1.29 is 28.8 Å². The Morgan fingerprint density at radius 2 is 1.60 bits per heavy atom. The summed E-state index contributed by atoms with van der Waals surface area (Å²) in [6, 6.07) is -3.67. The number of nitrogens with zero attached hydrogens (tertiary/aromatic N) is 3. The molecule has 2 saturated heterocycles. The molecule has 2 aliphatic heterocycles. The normalized spacial score (nSPS) is 31.7. The van der Waals surface area contributed by atoms with E-state index in [1.807, 2.05) is 27.7 Å². The maximum absolute atomic E-state index is 14.7. The lowest BCUT2D eigenvalue weighted by atomic mass is 9.72. The van der Waals surface area contributed by atoms with Crippen molar-refractivity contribution in [2.45, 2.75) is 135 Å². The minimum atomic E-state index is -0.983. The summed E-state index contributed by atoms with van der Waals surface area (Å²) < 4.78 is 0. The first-order valence-corrected chi connectivity index (χ1v) is 19.6. The van der Waals surface area contributed by atoms with Crippen molar-refractivity contribution in [3.05, 3.63) is 24.3 Å². The third-order valence-electron chi connectivity index (χ3n) is 13.5. The molecule has 0 aromatic carbocycles. The predicted octanol–water partition coefficient (Wildman–Crippen LogP) is 2.69. The van der Waals surface area contributed by atoms with Gasteiger partial charge in [0.25, 0.3) is 11.8 Å². The topological polar surface area (TPSA) is 180 Å². The van der Waals surface area contributed by atoms with E-state index in [1.165, 1.54) is 25.0 Å². The van der Waals surface area contributed by atoms with Crippen LogP contribution in [-0.2, 0) is 24.0 Å². The molecule has 0 radical (unpaired) electrons. The quantitative estimate of drug-likeness (QED) is 0.267. The lowest BCUT2D eigenvalue weighted by molar-refractivity contribution is -0.150. The number of piperidine rings is 1.